The lowest BCUT2D eigenvalue weighted by molar-refractivity contribution is -0.286. The Labute approximate surface area is 177 Å². The average Bonchev–Trinajstić information content (AvgIpc) is 3.05. The topological polar surface area (TPSA) is 71.1 Å². The lowest BCUT2D eigenvalue weighted by atomic mass is 10.2. The van der Waals surface area contributed by atoms with E-state index in [0.717, 1.165) is 6.07 Å². The number of anilines is 1. The quantitative estimate of drug-likeness (QED) is 0.513. The molecule has 11 heteroatoms. The van der Waals surface area contributed by atoms with Gasteiger partial charge in [0.1, 0.15) is 5.82 Å². The fourth-order valence-corrected chi connectivity index (χ4v) is 4.28. The Morgan fingerprint density at radius 1 is 1.10 bits per heavy atom. The minimum atomic E-state index is -3.79. The van der Waals surface area contributed by atoms with Gasteiger partial charge in [-0.05, 0) is 36.8 Å². The van der Waals surface area contributed by atoms with Crippen LogP contribution in [0.5, 0.6) is 11.5 Å². The fraction of sp³-hybridized carbons (Fsp3) is 0.300. The van der Waals surface area contributed by atoms with E-state index in [1.807, 2.05) is 4.90 Å². The van der Waals surface area contributed by atoms with Crippen LogP contribution in [-0.4, -0.2) is 45.8 Å². The largest absolute Gasteiger partial charge is 0.586 e. The summed E-state index contributed by atoms with van der Waals surface area (Å²) in [5.74, 6) is -0.722. The first-order valence-corrected chi connectivity index (χ1v) is 10.9. The Morgan fingerprint density at radius 3 is 2.65 bits per heavy atom. The third kappa shape index (κ3) is 4.81. The molecular weight excluding hydrogens is 435 g/mol. The van der Waals surface area contributed by atoms with Crippen molar-refractivity contribution in [3.05, 3.63) is 48.3 Å². The molecule has 0 amide bonds. The van der Waals surface area contributed by atoms with E-state index in [1.54, 1.807) is 17.0 Å². The number of halogens is 3. The number of fused-ring (bicyclic) bond motifs is 1. The Hall–Kier alpha value is -3.10. The molecule has 0 aliphatic carbocycles. The predicted octanol–water partition coefficient (Wildman–Crippen LogP) is 2.56. The van der Waals surface area contributed by atoms with Gasteiger partial charge >= 0.3 is 6.29 Å². The van der Waals surface area contributed by atoms with Crippen LogP contribution >= 0.6 is 0 Å². The zero-order valence-electron chi connectivity index (χ0n) is 16.1. The van der Waals surface area contributed by atoms with Crippen LogP contribution < -0.4 is 19.1 Å². The third-order valence-corrected chi connectivity index (χ3v) is 6.10. The number of hydrogen-bond donors (Lipinski definition) is 1. The van der Waals surface area contributed by atoms with Gasteiger partial charge in [-0.2, -0.15) is 0 Å². The van der Waals surface area contributed by atoms with E-state index in [1.165, 1.54) is 24.3 Å². The van der Waals surface area contributed by atoms with Gasteiger partial charge in [0, 0.05) is 31.7 Å². The van der Waals surface area contributed by atoms with Crippen molar-refractivity contribution in [2.45, 2.75) is 17.6 Å². The van der Waals surface area contributed by atoms with Crippen LogP contribution in [0.4, 0.5) is 18.9 Å². The maximum atomic E-state index is 13.4. The fourth-order valence-electron chi connectivity index (χ4n) is 3.17. The minimum absolute atomic E-state index is 0.0442. The molecule has 31 heavy (non-hydrogen) atoms. The second-order valence-corrected chi connectivity index (χ2v) is 8.61. The molecule has 1 N–H and O–H groups in total. The van der Waals surface area contributed by atoms with E-state index < -0.39 is 22.1 Å². The second kappa shape index (κ2) is 8.20. The summed E-state index contributed by atoms with van der Waals surface area (Å²) in [5, 5.41) is 0. The molecule has 2 aliphatic rings. The summed E-state index contributed by atoms with van der Waals surface area (Å²) in [6.07, 6.45) is -3.22. The number of alkyl halides is 2. The lowest BCUT2D eigenvalue weighted by Crippen LogP contribution is -2.36. The molecular formula is C20H18F3N3O4S. The first kappa shape index (κ1) is 21.1. The summed E-state index contributed by atoms with van der Waals surface area (Å²) in [5.41, 5.74) is 0.393. The Kier molecular flexibility index (Phi) is 5.60. The maximum Gasteiger partial charge on any atom is 0.586 e. The molecule has 0 aromatic heterocycles. The van der Waals surface area contributed by atoms with E-state index >= 15 is 0 Å². The van der Waals surface area contributed by atoms with Crippen LogP contribution in [0.3, 0.4) is 0 Å². The van der Waals surface area contributed by atoms with Crippen molar-refractivity contribution in [1.29, 1.82) is 0 Å². The van der Waals surface area contributed by atoms with Crippen molar-refractivity contribution in [3.8, 4) is 23.6 Å². The average molecular weight is 453 g/mol. The number of ether oxygens (including phenoxy) is 2. The number of sulfonamides is 1. The van der Waals surface area contributed by atoms with Gasteiger partial charge in [0.2, 0.25) is 10.0 Å². The van der Waals surface area contributed by atoms with Crippen molar-refractivity contribution in [2.75, 3.05) is 31.1 Å². The molecule has 0 spiro atoms. The molecule has 0 fully saturated rings. The highest BCUT2D eigenvalue weighted by molar-refractivity contribution is 7.89. The normalized spacial score (nSPS) is 16.7. The summed E-state index contributed by atoms with van der Waals surface area (Å²) >= 11 is 0. The van der Waals surface area contributed by atoms with Crippen molar-refractivity contribution in [3.63, 3.8) is 0 Å². The van der Waals surface area contributed by atoms with Gasteiger partial charge in [-0.1, -0.05) is 12.1 Å². The summed E-state index contributed by atoms with van der Waals surface area (Å²) in [7, 11) is -3.79. The number of rotatable bonds is 7. The van der Waals surface area contributed by atoms with E-state index in [-0.39, 0.29) is 22.9 Å². The van der Waals surface area contributed by atoms with Crippen LogP contribution in [-0.2, 0) is 10.0 Å². The lowest BCUT2D eigenvalue weighted by Gasteiger charge is -2.27. The highest BCUT2D eigenvalue weighted by Gasteiger charge is 2.45. The monoisotopic (exact) mass is 453 g/mol. The highest BCUT2D eigenvalue weighted by Crippen LogP contribution is 2.47. The molecule has 0 radical (unpaired) electrons. The maximum absolute atomic E-state index is 13.4. The summed E-state index contributed by atoms with van der Waals surface area (Å²) in [4.78, 5) is 3.28. The van der Waals surface area contributed by atoms with Gasteiger partial charge in [-0.15, -0.1) is 8.78 Å². The number of nitrogens with one attached hydrogen (secondary N) is 1. The molecule has 164 valence electrons. The van der Waals surface area contributed by atoms with Crippen molar-refractivity contribution in [2.24, 2.45) is 0 Å². The molecule has 2 aliphatic heterocycles. The number of hydrogen-bond acceptors (Lipinski definition) is 6. The first-order chi connectivity index (χ1) is 14.7. The number of nitrogens with zero attached hydrogens (tertiary/aromatic N) is 2. The van der Waals surface area contributed by atoms with Crippen molar-refractivity contribution < 1.29 is 31.1 Å². The molecule has 0 unspecified atom stereocenters. The van der Waals surface area contributed by atoms with Crippen LogP contribution in [0.15, 0.2) is 47.4 Å². The Bertz CT molecular complexity index is 1150. The SMILES string of the molecule is O=S(=O)(NCCCN1C#CN(c2cccc3c2OC(F)(F)O3)CC1)c1cccc(F)c1. The van der Waals surface area contributed by atoms with Gasteiger partial charge in [-0.3, -0.25) is 4.90 Å². The van der Waals surface area contributed by atoms with Gasteiger partial charge in [0.25, 0.3) is 0 Å². The molecule has 0 saturated heterocycles. The van der Waals surface area contributed by atoms with Crippen LogP contribution in [0, 0.1) is 17.9 Å². The molecule has 2 aromatic carbocycles. The molecule has 0 saturated carbocycles. The Balaban J connectivity index is 1.31. The standard InChI is InChI=1S/C20H18F3N3O4S/c21-15-4-1-5-16(14-15)31(27,28)24-8-3-9-25-10-12-26(13-11-25)17-6-2-7-18-19(17)30-20(22,23)29-18/h1-2,4-7,14,24H,3,8-10,12H2. The minimum Gasteiger partial charge on any atom is -0.395 e. The molecule has 2 heterocycles. The van der Waals surface area contributed by atoms with E-state index in [4.69, 9.17) is 0 Å². The zero-order valence-corrected chi connectivity index (χ0v) is 17.0. The zero-order chi connectivity index (χ0) is 22.1. The molecule has 0 bridgehead atoms. The number of para-hydroxylation sites is 1. The van der Waals surface area contributed by atoms with Crippen LogP contribution in [0.2, 0.25) is 0 Å². The van der Waals surface area contributed by atoms with Crippen LogP contribution in [0.25, 0.3) is 0 Å². The molecule has 7 nitrogen and oxygen atoms in total. The van der Waals surface area contributed by atoms with E-state index in [0.29, 0.717) is 31.7 Å². The smallest absolute Gasteiger partial charge is 0.395 e. The number of benzene rings is 2. The van der Waals surface area contributed by atoms with Crippen LogP contribution in [0.1, 0.15) is 6.42 Å². The molecule has 4 rings (SSSR count). The van der Waals surface area contributed by atoms with Gasteiger partial charge < -0.3 is 14.4 Å². The predicted molar refractivity (Wildman–Crippen MR) is 106 cm³/mol. The van der Waals surface area contributed by atoms with Crippen molar-refractivity contribution in [1.82, 2.24) is 9.62 Å². The van der Waals surface area contributed by atoms with E-state index in [2.05, 4.69) is 26.3 Å². The van der Waals surface area contributed by atoms with Gasteiger partial charge in [-0.25, -0.2) is 17.5 Å². The Morgan fingerprint density at radius 2 is 1.90 bits per heavy atom. The van der Waals surface area contributed by atoms with E-state index in [9.17, 15) is 21.6 Å². The molecule has 2 aromatic rings. The highest BCUT2D eigenvalue weighted by atomic mass is 32.2. The summed E-state index contributed by atoms with van der Waals surface area (Å²) < 4.78 is 75.8. The second-order valence-electron chi connectivity index (χ2n) is 6.84. The molecule has 0 atom stereocenters. The summed E-state index contributed by atoms with van der Waals surface area (Å²) in [6.45, 7) is 1.61. The van der Waals surface area contributed by atoms with Gasteiger partial charge in [0.15, 0.2) is 11.5 Å². The third-order valence-electron chi connectivity index (χ3n) is 4.64. The summed E-state index contributed by atoms with van der Waals surface area (Å²) in [6, 6.07) is 15.2. The first-order valence-electron chi connectivity index (χ1n) is 9.41. The van der Waals surface area contributed by atoms with Gasteiger partial charge in [0.05, 0.1) is 17.1 Å². The van der Waals surface area contributed by atoms with Crippen molar-refractivity contribution >= 4 is 15.7 Å².